The second kappa shape index (κ2) is 8.33. The van der Waals surface area contributed by atoms with Crippen LogP contribution in [0.1, 0.15) is 50.5 Å². The van der Waals surface area contributed by atoms with Crippen LogP contribution in [0, 0.1) is 0 Å². The lowest BCUT2D eigenvalue weighted by atomic mass is 9.88. The number of likely N-dealkylation sites (N-methyl/N-ethyl adjacent to an activating group) is 1. The van der Waals surface area contributed by atoms with Crippen molar-refractivity contribution in [3.05, 3.63) is 35.9 Å². The van der Waals surface area contributed by atoms with Crippen molar-refractivity contribution in [1.82, 2.24) is 10.2 Å². The van der Waals surface area contributed by atoms with Gasteiger partial charge in [0.15, 0.2) is 0 Å². The van der Waals surface area contributed by atoms with Crippen molar-refractivity contribution >= 4 is 5.91 Å². The minimum Gasteiger partial charge on any atom is -0.354 e. The summed E-state index contributed by atoms with van der Waals surface area (Å²) in [5, 5.41) is 3.19. The Morgan fingerprint density at radius 1 is 1.09 bits per heavy atom. The summed E-state index contributed by atoms with van der Waals surface area (Å²) in [4.78, 5) is 14.5. The van der Waals surface area contributed by atoms with E-state index in [4.69, 9.17) is 0 Å². The van der Waals surface area contributed by atoms with E-state index in [1.165, 1.54) is 44.1 Å². The minimum atomic E-state index is 0.152. The molecule has 1 aliphatic rings. The molecule has 0 aliphatic heterocycles. The first kappa shape index (κ1) is 17.0. The zero-order valence-electron chi connectivity index (χ0n) is 14.1. The molecule has 3 heteroatoms. The highest BCUT2D eigenvalue weighted by molar-refractivity contribution is 5.76. The van der Waals surface area contributed by atoms with E-state index in [2.05, 4.69) is 36.4 Å². The molecule has 2 rings (SSSR count). The Hall–Kier alpha value is -1.35. The molecule has 0 spiro atoms. The van der Waals surface area contributed by atoms with Gasteiger partial charge in [-0.3, -0.25) is 4.79 Å². The van der Waals surface area contributed by atoms with E-state index in [1.54, 1.807) is 0 Å². The van der Waals surface area contributed by atoms with Crippen LogP contribution in [0.25, 0.3) is 0 Å². The fourth-order valence-electron chi connectivity index (χ4n) is 3.42. The third-order valence-corrected chi connectivity index (χ3v) is 5.08. The lowest BCUT2D eigenvalue weighted by molar-refractivity contribution is -0.121. The molecule has 1 fully saturated rings. The van der Waals surface area contributed by atoms with Gasteiger partial charge < -0.3 is 10.2 Å². The molecule has 0 heterocycles. The van der Waals surface area contributed by atoms with E-state index in [0.29, 0.717) is 6.42 Å². The number of nitrogens with zero attached hydrogens (tertiary/aromatic N) is 1. The molecule has 1 aromatic carbocycles. The van der Waals surface area contributed by atoms with Crippen molar-refractivity contribution in [2.24, 2.45) is 0 Å². The number of rotatable bonds is 6. The molecule has 0 aromatic heterocycles. The van der Waals surface area contributed by atoms with Crippen LogP contribution < -0.4 is 5.32 Å². The zero-order chi connectivity index (χ0) is 15.8. The van der Waals surface area contributed by atoms with Gasteiger partial charge in [-0.2, -0.15) is 0 Å². The third kappa shape index (κ3) is 4.84. The summed E-state index contributed by atoms with van der Waals surface area (Å²) in [7, 11) is 4.31. The Morgan fingerprint density at radius 3 is 2.32 bits per heavy atom. The van der Waals surface area contributed by atoms with Crippen LogP contribution in [0.2, 0.25) is 0 Å². The third-order valence-electron chi connectivity index (χ3n) is 5.08. The Morgan fingerprint density at radius 2 is 1.73 bits per heavy atom. The van der Waals surface area contributed by atoms with Gasteiger partial charge in [0.25, 0.3) is 0 Å². The molecule has 1 N–H and O–H groups in total. The largest absolute Gasteiger partial charge is 0.354 e. The standard InChI is InChI=1S/C19H30N2O/c1-21(2)19(14-8-3-4-9-15-19)16-20-18(22)13-12-17-10-6-5-7-11-17/h5-7,10-11H,3-4,8-9,12-16H2,1-2H3,(H,20,22). The number of hydrogen-bond acceptors (Lipinski definition) is 2. The zero-order valence-corrected chi connectivity index (χ0v) is 14.1. The molecule has 1 aliphatic carbocycles. The molecule has 0 saturated heterocycles. The fraction of sp³-hybridized carbons (Fsp3) is 0.632. The number of nitrogens with one attached hydrogen (secondary N) is 1. The monoisotopic (exact) mass is 302 g/mol. The second-order valence-electron chi connectivity index (χ2n) is 6.80. The van der Waals surface area contributed by atoms with Crippen LogP contribution in [0.3, 0.4) is 0 Å². The van der Waals surface area contributed by atoms with Gasteiger partial charge in [-0.15, -0.1) is 0 Å². The normalized spacial score (nSPS) is 18.0. The van der Waals surface area contributed by atoms with Crippen LogP contribution in [0.5, 0.6) is 0 Å². The Balaban J connectivity index is 1.82. The number of benzene rings is 1. The van der Waals surface area contributed by atoms with Gasteiger partial charge in [0, 0.05) is 18.5 Å². The summed E-state index contributed by atoms with van der Waals surface area (Å²) in [5.74, 6) is 0.175. The van der Waals surface area contributed by atoms with Crippen molar-refractivity contribution in [3.8, 4) is 0 Å². The van der Waals surface area contributed by atoms with Crippen LogP contribution in [0.4, 0.5) is 0 Å². The molecule has 0 unspecified atom stereocenters. The molecule has 122 valence electrons. The van der Waals surface area contributed by atoms with E-state index >= 15 is 0 Å². The van der Waals surface area contributed by atoms with Crippen LogP contribution in [0.15, 0.2) is 30.3 Å². The second-order valence-corrected chi connectivity index (χ2v) is 6.80. The summed E-state index contributed by atoms with van der Waals surface area (Å²) >= 11 is 0. The predicted octanol–water partition coefficient (Wildman–Crippen LogP) is 3.39. The lowest BCUT2D eigenvalue weighted by Crippen LogP contribution is -2.52. The van der Waals surface area contributed by atoms with Gasteiger partial charge in [0.1, 0.15) is 0 Å². The molecular formula is C19H30N2O. The van der Waals surface area contributed by atoms with E-state index in [9.17, 15) is 4.79 Å². The number of aryl methyl sites for hydroxylation is 1. The maximum absolute atomic E-state index is 12.2. The van der Waals surface area contributed by atoms with Crippen LogP contribution >= 0.6 is 0 Å². The summed E-state index contributed by atoms with van der Waals surface area (Å²) in [6.07, 6.45) is 9.00. The number of carbonyl (C=O) groups is 1. The van der Waals surface area contributed by atoms with Crippen molar-refractivity contribution in [2.45, 2.75) is 56.9 Å². The van der Waals surface area contributed by atoms with E-state index in [0.717, 1.165) is 13.0 Å². The van der Waals surface area contributed by atoms with Gasteiger partial charge in [-0.25, -0.2) is 0 Å². The number of amides is 1. The highest BCUT2D eigenvalue weighted by Crippen LogP contribution is 2.30. The maximum atomic E-state index is 12.2. The molecule has 0 radical (unpaired) electrons. The van der Waals surface area contributed by atoms with Crippen LogP contribution in [-0.2, 0) is 11.2 Å². The van der Waals surface area contributed by atoms with Crippen molar-refractivity contribution < 1.29 is 4.79 Å². The molecule has 1 aromatic rings. The van der Waals surface area contributed by atoms with Crippen molar-refractivity contribution in [2.75, 3.05) is 20.6 Å². The average molecular weight is 302 g/mol. The topological polar surface area (TPSA) is 32.3 Å². The van der Waals surface area contributed by atoms with Crippen molar-refractivity contribution in [3.63, 3.8) is 0 Å². The lowest BCUT2D eigenvalue weighted by Gasteiger charge is -2.39. The van der Waals surface area contributed by atoms with Gasteiger partial charge in [-0.05, 0) is 38.9 Å². The first-order valence-electron chi connectivity index (χ1n) is 8.60. The molecule has 1 saturated carbocycles. The predicted molar refractivity (Wildman–Crippen MR) is 91.9 cm³/mol. The Kier molecular flexibility index (Phi) is 6.44. The number of carbonyl (C=O) groups excluding carboxylic acids is 1. The highest BCUT2D eigenvalue weighted by atomic mass is 16.1. The fourth-order valence-corrected chi connectivity index (χ4v) is 3.42. The quantitative estimate of drug-likeness (QED) is 0.817. The molecule has 3 nitrogen and oxygen atoms in total. The van der Waals surface area contributed by atoms with Gasteiger partial charge >= 0.3 is 0 Å². The summed E-state index contributed by atoms with van der Waals surface area (Å²) in [5.41, 5.74) is 1.38. The van der Waals surface area contributed by atoms with E-state index < -0.39 is 0 Å². The van der Waals surface area contributed by atoms with E-state index in [-0.39, 0.29) is 11.4 Å². The van der Waals surface area contributed by atoms with Crippen LogP contribution in [-0.4, -0.2) is 37.0 Å². The molecular weight excluding hydrogens is 272 g/mol. The maximum Gasteiger partial charge on any atom is 0.220 e. The Bertz CT molecular complexity index is 448. The molecule has 1 amide bonds. The van der Waals surface area contributed by atoms with Gasteiger partial charge in [-0.1, -0.05) is 56.0 Å². The minimum absolute atomic E-state index is 0.152. The van der Waals surface area contributed by atoms with Gasteiger partial charge in [0.2, 0.25) is 5.91 Å². The first-order valence-corrected chi connectivity index (χ1v) is 8.60. The molecule has 0 atom stereocenters. The average Bonchev–Trinajstić information content (AvgIpc) is 2.78. The highest BCUT2D eigenvalue weighted by Gasteiger charge is 2.33. The SMILES string of the molecule is CN(C)C1(CNC(=O)CCc2ccccc2)CCCCCC1. The van der Waals surface area contributed by atoms with Crippen molar-refractivity contribution in [1.29, 1.82) is 0 Å². The first-order chi connectivity index (χ1) is 10.6. The van der Waals surface area contributed by atoms with Gasteiger partial charge in [0.05, 0.1) is 0 Å². The molecule has 22 heavy (non-hydrogen) atoms. The summed E-state index contributed by atoms with van der Waals surface area (Å²) in [6, 6.07) is 10.2. The van der Waals surface area contributed by atoms with E-state index in [1.807, 2.05) is 18.2 Å². The summed E-state index contributed by atoms with van der Waals surface area (Å²) < 4.78 is 0. The summed E-state index contributed by atoms with van der Waals surface area (Å²) in [6.45, 7) is 0.785. The number of hydrogen-bond donors (Lipinski definition) is 1. The Labute approximate surface area is 135 Å². The molecule has 0 bridgehead atoms. The smallest absolute Gasteiger partial charge is 0.220 e.